The average molecular weight is 437 g/mol. The molecule has 5 nitrogen and oxygen atoms in total. The van der Waals surface area contributed by atoms with Crippen LogP contribution in [0.15, 0.2) is 57.9 Å². The molecule has 0 aliphatic rings. The van der Waals surface area contributed by atoms with Crippen LogP contribution < -0.4 is 10.1 Å². The Balaban J connectivity index is 1.90. The van der Waals surface area contributed by atoms with Crippen LogP contribution in [0.5, 0.6) is 5.75 Å². The summed E-state index contributed by atoms with van der Waals surface area (Å²) in [6.07, 6.45) is 1.26. The van der Waals surface area contributed by atoms with Gasteiger partial charge in [0, 0.05) is 16.4 Å². The van der Waals surface area contributed by atoms with Gasteiger partial charge in [0.25, 0.3) is 5.91 Å². The van der Waals surface area contributed by atoms with E-state index >= 15 is 0 Å². The highest BCUT2D eigenvalue weighted by atomic mass is 79.9. The van der Waals surface area contributed by atoms with E-state index in [0.29, 0.717) is 5.75 Å². The third-order valence-corrected chi connectivity index (χ3v) is 4.94. The van der Waals surface area contributed by atoms with Crippen LogP contribution >= 0.6 is 27.7 Å². The molecule has 0 saturated carbocycles. The lowest BCUT2D eigenvalue weighted by Gasteiger charge is -2.22. The SMILES string of the molecule is CSc1ccccc1NC(=O)CN(C)C(=O)C(C)Oc1ccc(Br)cc1. The molecule has 0 spiro atoms. The smallest absolute Gasteiger partial charge is 0.263 e. The van der Waals surface area contributed by atoms with Gasteiger partial charge in [0.2, 0.25) is 5.91 Å². The van der Waals surface area contributed by atoms with E-state index in [-0.39, 0.29) is 18.4 Å². The molecule has 0 saturated heterocycles. The Morgan fingerprint density at radius 2 is 1.85 bits per heavy atom. The minimum absolute atomic E-state index is 0.0460. The number of nitrogens with zero attached hydrogens (tertiary/aromatic N) is 1. The molecule has 7 heteroatoms. The molecule has 138 valence electrons. The molecule has 0 fully saturated rings. The Labute approximate surface area is 166 Å². The third-order valence-electron chi connectivity index (χ3n) is 3.61. The largest absolute Gasteiger partial charge is 0.481 e. The number of carbonyl (C=O) groups excluding carboxylic acids is 2. The molecule has 0 aliphatic heterocycles. The van der Waals surface area contributed by atoms with Gasteiger partial charge < -0.3 is 15.0 Å². The van der Waals surface area contributed by atoms with Crippen molar-refractivity contribution in [2.45, 2.75) is 17.9 Å². The van der Waals surface area contributed by atoms with E-state index in [4.69, 9.17) is 4.74 Å². The van der Waals surface area contributed by atoms with E-state index in [9.17, 15) is 9.59 Å². The van der Waals surface area contributed by atoms with Gasteiger partial charge >= 0.3 is 0 Å². The van der Waals surface area contributed by atoms with Gasteiger partial charge in [-0.05, 0) is 49.6 Å². The van der Waals surface area contributed by atoms with Crippen molar-refractivity contribution >= 4 is 45.2 Å². The van der Waals surface area contributed by atoms with Crippen LogP contribution in [0.2, 0.25) is 0 Å². The summed E-state index contributed by atoms with van der Waals surface area (Å²) in [4.78, 5) is 27.0. The number of halogens is 1. The summed E-state index contributed by atoms with van der Waals surface area (Å²) in [5, 5.41) is 2.84. The lowest BCUT2D eigenvalue weighted by Crippen LogP contribution is -2.42. The van der Waals surface area contributed by atoms with E-state index in [1.807, 2.05) is 42.7 Å². The summed E-state index contributed by atoms with van der Waals surface area (Å²) in [6, 6.07) is 14.8. The number of amides is 2. The first-order valence-corrected chi connectivity index (χ1v) is 10.0. The molecular weight excluding hydrogens is 416 g/mol. The molecule has 0 bridgehead atoms. The fraction of sp³-hybridized carbons (Fsp3) is 0.263. The number of benzene rings is 2. The van der Waals surface area contributed by atoms with Crippen LogP contribution in [-0.4, -0.2) is 42.7 Å². The predicted octanol–water partition coefficient (Wildman–Crippen LogP) is 4.04. The Kier molecular flexibility index (Phi) is 7.53. The van der Waals surface area contributed by atoms with Gasteiger partial charge in [-0.3, -0.25) is 9.59 Å². The lowest BCUT2D eigenvalue weighted by atomic mass is 10.3. The zero-order valence-electron chi connectivity index (χ0n) is 14.9. The lowest BCUT2D eigenvalue weighted by molar-refractivity contribution is -0.139. The number of nitrogens with one attached hydrogen (secondary N) is 1. The fourth-order valence-electron chi connectivity index (χ4n) is 2.31. The Morgan fingerprint density at radius 3 is 2.50 bits per heavy atom. The van der Waals surface area contributed by atoms with E-state index < -0.39 is 6.10 Å². The second-order valence-corrected chi connectivity index (χ2v) is 7.42. The number of likely N-dealkylation sites (N-methyl/N-ethyl adjacent to an activating group) is 1. The van der Waals surface area contributed by atoms with Crippen molar-refractivity contribution in [2.24, 2.45) is 0 Å². The molecule has 2 amide bonds. The number of hydrogen-bond acceptors (Lipinski definition) is 4. The molecule has 26 heavy (non-hydrogen) atoms. The summed E-state index contributed by atoms with van der Waals surface area (Å²) in [6.45, 7) is 1.62. The average Bonchev–Trinajstić information content (AvgIpc) is 2.63. The van der Waals surface area contributed by atoms with E-state index in [1.54, 1.807) is 37.9 Å². The van der Waals surface area contributed by atoms with E-state index in [1.165, 1.54) is 4.90 Å². The van der Waals surface area contributed by atoms with Crippen LogP contribution in [0.3, 0.4) is 0 Å². The number of thioether (sulfide) groups is 1. The van der Waals surface area contributed by atoms with Crippen LogP contribution in [0, 0.1) is 0 Å². The number of ether oxygens (including phenoxy) is 1. The van der Waals surface area contributed by atoms with Gasteiger partial charge in [-0.25, -0.2) is 0 Å². The van der Waals surface area contributed by atoms with E-state index in [0.717, 1.165) is 15.1 Å². The number of rotatable bonds is 7. The summed E-state index contributed by atoms with van der Waals surface area (Å²) in [7, 11) is 1.59. The Bertz CT molecular complexity index is 768. The predicted molar refractivity (Wildman–Crippen MR) is 109 cm³/mol. The van der Waals surface area contributed by atoms with Gasteiger partial charge in [-0.15, -0.1) is 11.8 Å². The monoisotopic (exact) mass is 436 g/mol. The zero-order chi connectivity index (χ0) is 19.1. The first-order chi connectivity index (χ1) is 12.4. The quantitative estimate of drug-likeness (QED) is 0.665. The summed E-state index contributed by atoms with van der Waals surface area (Å²) in [5.41, 5.74) is 0.741. The topological polar surface area (TPSA) is 58.6 Å². The molecule has 1 N–H and O–H groups in total. The first kappa shape index (κ1) is 20.3. The first-order valence-electron chi connectivity index (χ1n) is 8.00. The van der Waals surface area contributed by atoms with Crippen molar-refractivity contribution in [3.8, 4) is 5.75 Å². The second kappa shape index (κ2) is 9.64. The number of anilines is 1. The van der Waals surface area contributed by atoms with Gasteiger partial charge in [-0.1, -0.05) is 28.1 Å². The molecular formula is C19H21BrN2O3S. The molecule has 1 unspecified atom stereocenters. The number of carbonyl (C=O) groups is 2. The summed E-state index contributed by atoms with van der Waals surface area (Å²) < 4.78 is 6.57. The van der Waals surface area contributed by atoms with Crippen molar-refractivity contribution in [1.82, 2.24) is 4.90 Å². The van der Waals surface area contributed by atoms with Crippen LogP contribution in [0.1, 0.15) is 6.92 Å². The molecule has 2 aromatic rings. The molecule has 0 aromatic heterocycles. The van der Waals surface area contributed by atoms with Gasteiger partial charge in [0.05, 0.1) is 12.2 Å². The molecule has 2 aromatic carbocycles. The van der Waals surface area contributed by atoms with Gasteiger partial charge in [-0.2, -0.15) is 0 Å². The number of para-hydroxylation sites is 1. The number of hydrogen-bond donors (Lipinski definition) is 1. The minimum atomic E-state index is -0.688. The Morgan fingerprint density at radius 1 is 1.19 bits per heavy atom. The Hall–Kier alpha value is -1.99. The third kappa shape index (κ3) is 5.78. The van der Waals surface area contributed by atoms with Gasteiger partial charge in [0.1, 0.15) is 5.75 Å². The maximum atomic E-state index is 12.4. The maximum absolute atomic E-state index is 12.4. The summed E-state index contributed by atoms with van der Waals surface area (Å²) >= 11 is 4.90. The molecule has 0 aliphatic carbocycles. The maximum Gasteiger partial charge on any atom is 0.263 e. The van der Waals surface area contributed by atoms with Crippen LogP contribution in [-0.2, 0) is 9.59 Å². The molecule has 0 radical (unpaired) electrons. The van der Waals surface area contributed by atoms with Crippen LogP contribution in [0.25, 0.3) is 0 Å². The summed E-state index contributed by atoms with van der Waals surface area (Å²) in [5.74, 6) is 0.0835. The highest BCUT2D eigenvalue weighted by Gasteiger charge is 2.21. The van der Waals surface area contributed by atoms with Crippen molar-refractivity contribution in [1.29, 1.82) is 0 Å². The zero-order valence-corrected chi connectivity index (χ0v) is 17.3. The van der Waals surface area contributed by atoms with Crippen molar-refractivity contribution in [3.63, 3.8) is 0 Å². The molecule has 2 rings (SSSR count). The van der Waals surface area contributed by atoms with Crippen LogP contribution in [0.4, 0.5) is 5.69 Å². The van der Waals surface area contributed by atoms with Gasteiger partial charge in [0.15, 0.2) is 6.10 Å². The highest BCUT2D eigenvalue weighted by molar-refractivity contribution is 9.10. The molecule has 0 heterocycles. The van der Waals surface area contributed by atoms with Crippen molar-refractivity contribution in [3.05, 3.63) is 53.0 Å². The van der Waals surface area contributed by atoms with Crippen molar-refractivity contribution < 1.29 is 14.3 Å². The highest BCUT2D eigenvalue weighted by Crippen LogP contribution is 2.24. The second-order valence-electron chi connectivity index (χ2n) is 5.66. The standard InChI is InChI=1S/C19H21BrN2O3S/c1-13(25-15-10-8-14(20)9-11-15)19(24)22(2)12-18(23)21-16-6-4-5-7-17(16)26-3/h4-11,13H,12H2,1-3H3,(H,21,23). The minimum Gasteiger partial charge on any atom is -0.481 e. The normalized spacial score (nSPS) is 11.5. The molecule has 1 atom stereocenters. The van der Waals surface area contributed by atoms with Crippen molar-refractivity contribution in [2.75, 3.05) is 25.2 Å². The fourth-order valence-corrected chi connectivity index (χ4v) is 3.13. The van der Waals surface area contributed by atoms with E-state index in [2.05, 4.69) is 21.2 Å².